The zero-order valence-electron chi connectivity index (χ0n) is 9.55. The first-order valence-electron chi connectivity index (χ1n) is 5.18. The Labute approximate surface area is 99.7 Å². The van der Waals surface area contributed by atoms with Crippen LogP contribution in [0, 0.1) is 0 Å². The van der Waals surface area contributed by atoms with Gasteiger partial charge in [0.25, 0.3) is 0 Å². The van der Waals surface area contributed by atoms with Gasteiger partial charge in [-0.1, -0.05) is 0 Å². The van der Waals surface area contributed by atoms with Crippen molar-refractivity contribution in [2.75, 3.05) is 31.6 Å². The van der Waals surface area contributed by atoms with E-state index in [1.807, 2.05) is 0 Å². The van der Waals surface area contributed by atoms with E-state index in [4.69, 9.17) is 5.11 Å². The molecule has 1 aliphatic heterocycles. The van der Waals surface area contributed by atoms with Crippen LogP contribution in [0.3, 0.4) is 0 Å². The average molecular weight is 264 g/mol. The lowest BCUT2D eigenvalue weighted by Crippen LogP contribution is -2.42. The van der Waals surface area contributed by atoms with Crippen LogP contribution in [-0.4, -0.2) is 68.0 Å². The normalized spacial score (nSPS) is 22.6. The predicted octanol–water partition coefficient (Wildman–Crippen LogP) is -1.69. The van der Waals surface area contributed by atoms with E-state index in [-0.39, 0.29) is 36.5 Å². The highest BCUT2D eigenvalue weighted by atomic mass is 32.2. The van der Waals surface area contributed by atoms with Crippen LogP contribution in [0.1, 0.15) is 6.42 Å². The van der Waals surface area contributed by atoms with E-state index in [0.29, 0.717) is 6.42 Å². The van der Waals surface area contributed by atoms with E-state index < -0.39 is 15.8 Å². The lowest BCUT2D eigenvalue weighted by molar-refractivity contribution is -0.138. The first-order valence-corrected chi connectivity index (χ1v) is 7.01. The number of carbonyl (C=O) groups excluding carboxylic acids is 1. The van der Waals surface area contributed by atoms with Gasteiger partial charge in [0.1, 0.15) is 0 Å². The van der Waals surface area contributed by atoms with Gasteiger partial charge in [0.2, 0.25) is 5.91 Å². The Balaban J connectivity index is 2.33. The second-order valence-electron chi connectivity index (χ2n) is 4.23. The summed E-state index contributed by atoms with van der Waals surface area (Å²) in [7, 11) is -1.50. The molecule has 0 aromatic heterocycles. The van der Waals surface area contributed by atoms with Gasteiger partial charge in [0.05, 0.1) is 24.6 Å². The maximum absolute atomic E-state index is 11.5. The molecule has 8 heteroatoms. The molecule has 1 fully saturated rings. The molecule has 7 nitrogen and oxygen atoms in total. The molecule has 1 rings (SSSR count). The summed E-state index contributed by atoms with van der Waals surface area (Å²) in [5.41, 5.74) is 0. The summed E-state index contributed by atoms with van der Waals surface area (Å²) in [6, 6.07) is -0.342. The third-order valence-corrected chi connectivity index (χ3v) is 4.18. The van der Waals surface area contributed by atoms with Crippen LogP contribution in [-0.2, 0) is 19.4 Å². The summed E-state index contributed by atoms with van der Waals surface area (Å²) in [6.45, 7) is -0.279. The molecule has 1 heterocycles. The maximum Gasteiger partial charge on any atom is 0.317 e. The molecule has 98 valence electrons. The van der Waals surface area contributed by atoms with Crippen LogP contribution in [0.5, 0.6) is 0 Å². The molecule has 0 bridgehead atoms. The van der Waals surface area contributed by atoms with Crippen molar-refractivity contribution < 1.29 is 23.1 Å². The number of nitrogens with one attached hydrogen (secondary N) is 1. The molecule has 1 amide bonds. The maximum atomic E-state index is 11.5. The Morgan fingerprint density at radius 2 is 2.06 bits per heavy atom. The van der Waals surface area contributed by atoms with Crippen molar-refractivity contribution in [3.05, 3.63) is 0 Å². The van der Waals surface area contributed by atoms with E-state index in [9.17, 15) is 18.0 Å². The highest BCUT2D eigenvalue weighted by Crippen LogP contribution is 2.10. The van der Waals surface area contributed by atoms with E-state index in [1.165, 1.54) is 11.9 Å². The SMILES string of the molecule is CN(CC(=O)O)CC(=O)NC1CCS(=O)(=O)C1. The highest BCUT2D eigenvalue weighted by Gasteiger charge is 2.28. The molecule has 0 aromatic rings. The molecule has 2 N–H and O–H groups in total. The van der Waals surface area contributed by atoms with Crippen molar-refractivity contribution in [1.82, 2.24) is 10.2 Å². The molecule has 0 aliphatic carbocycles. The van der Waals surface area contributed by atoms with Gasteiger partial charge < -0.3 is 10.4 Å². The Morgan fingerprint density at radius 3 is 2.53 bits per heavy atom. The zero-order chi connectivity index (χ0) is 13.1. The van der Waals surface area contributed by atoms with Gasteiger partial charge in [-0.2, -0.15) is 0 Å². The van der Waals surface area contributed by atoms with Crippen LogP contribution in [0.4, 0.5) is 0 Å². The van der Waals surface area contributed by atoms with Crippen LogP contribution >= 0.6 is 0 Å². The van der Waals surface area contributed by atoms with Crippen LogP contribution in [0.25, 0.3) is 0 Å². The van der Waals surface area contributed by atoms with Crippen molar-refractivity contribution >= 4 is 21.7 Å². The molecule has 1 aliphatic rings. The van der Waals surface area contributed by atoms with Gasteiger partial charge in [0, 0.05) is 6.04 Å². The molecule has 0 radical (unpaired) electrons. The summed E-state index contributed by atoms with van der Waals surface area (Å²) in [4.78, 5) is 23.2. The molecule has 1 atom stereocenters. The average Bonchev–Trinajstić information content (AvgIpc) is 2.42. The molecule has 0 spiro atoms. The van der Waals surface area contributed by atoms with Gasteiger partial charge in [-0.05, 0) is 13.5 Å². The first-order chi connectivity index (χ1) is 7.78. The van der Waals surface area contributed by atoms with Gasteiger partial charge in [-0.3, -0.25) is 14.5 Å². The van der Waals surface area contributed by atoms with Gasteiger partial charge in [-0.15, -0.1) is 0 Å². The number of carboxylic acid groups (broad SMARTS) is 1. The quantitative estimate of drug-likeness (QED) is 0.614. The third kappa shape index (κ3) is 5.14. The number of likely N-dealkylation sites (N-methyl/N-ethyl adjacent to an activating group) is 1. The fourth-order valence-electron chi connectivity index (χ4n) is 1.71. The number of hydrogen-bond acceptors (Lipinski definition) is 5. The smallest absolute Gasteiger partial charge is 0.317 e. The Hall–Kier alpha value is -1.15. The standard InChI is InChI=1S/C9H16N2O5S/c1-11(5-9(13)14)4-8(12)10-7-2-3-17(15,16)6-7/h7H,2-6H2,1H3,(H,10,12)(H,13,14). The summed E-state index contributed by atoms with van der Waals surface area (Å²) in [5, 5.41) is 11.1. The minimum absolute atomic E-state index is 0.0264. The number of carboxylic acids is 1. The molecule has 0 saturated carbocycles. The molecular formula is C9H16N2O5S. The second-order valence-corrected chi connectivity index (χ2v) is 6.46. The highest BCUT2D eigenvalue weighted by molar-refractivity contribution is 7.91. The number of aliphatic carboxylic acids is 1. The number of nitrogens with zero attached hydrogens (tertiary/aromatic N) is 1. The second kappa shape index (κ2) is 5.46. The number of carbonyl (C=O) groups is 2. The largest absolute Gasteiger partial charge is 0.480 e. The number of rotatable bonds is 5. The molecule has 1 saturated heterocycles. The molecule has 17 heavy (non-hydrogen) atoms. The topological polar surface area (TPSA) is 104 Å². The monoisotopic (exact) mass is 264 g/mol. The minimum atomic E-state index is -3.01. The van der Waals surface area contributed by atoms with E-state index >= 15 is 0 Å². The minimum Gasteiger partial charge on any atom is -0.480 e. The fraction of sp³-hybridized carbons (Fsp3) is 0.778. The van der Waals surface area contributed by atoms with Crippen molar-refractivity contribution in [1.29, 1.82) is 0 Å². The number of amides is 1. The molecule has 1 unspecified atom stereocenters. The Morgan fingerprint density at radius 1 is 1.41 bits per heavy atom. The Bertz CT molecular complexity index is 406. The third-order valence-electron chi connectivity index (χ3n) is 2.42. The first kappa shape index (κ1) is 13.9. The lowest BCUT2D eigenvalue weighted by atomic mass is 10.2. The van der Waals surface area contributed by atoms with E-state index in [0.717, 1.165) is 0 Å². The molecule has 0 aromatic carbocycles. The summed E-state index contributed by atoms with van der Waals surface area (Å²) in [5.74, 6) is -1.29. The van der Waals surface area contributed by atoms with Crippen molar-refractivity contribution in [3.63, 3.8) is 0 Å². The predicted molar refractivity (Wildman–Crippen MR) is 60.3 cm³/mol. The van der Waals surface area contributed by atoms with Crippen molar-refractivity contribution in [2.45, 2.75) is 12.5 Å². The Kier molecular flexibility index (Phi) is 4.47. The summed E-state index contributed by atoms with van der Waals surface area (Å²) < 4.78 is 22.3. The zero-order valence-corrected chi connectivity index (χ0v) is 10.4. The van der Waals surface area contributed by atoms with Crippen LogP contribution in [0.2, 0.25) is 0 Å². The van der Waals surface area contributed by atoms with Gasteiger partial charge >= 0.3 is 5.97 Å². The van der Waals surface area contributed by atoms with E-state index in [2.05, 4.69) is 5.32 Å². The number of sulfone groups is 1. The van der Waals surface area contributed by atoms with E-state index in [1.54, 1.807) is 0 Å². The van der Waals surface area contributed by atoms with Crippen LogP contribution in [0.15, 0.2) is 0 Å². The number of hydrogen-bond donors (Lipinski definition) is 2. The summed E-state index contributed by atoms with van der Waals surface area (Å²) in [6.07, 6.45) is 0.427. The van der Waals surface area contributed by atoms with Crippen molar-refractivity contribution in [3.8, 4) is 0 Å². The van der Waals surface area contributed by atoms with Gasteiger partial charge in [-0.25, -0.2) is 8.42 Å². The molecular weight excluding hydrogens is 248 g/mol. The van der Waals surface area contributed by atoms with Crippen molar-refractivity contribution in [2.24, 2.45) is 0 Å². The van der Waals surface area contributed by atoms with Gasteiger partial charge in [0.15, 0.2) is 9.84 Å². The summed E-state index contributed by atoms with van der Waals surface area (Å²) >= 11 is 0. The van der Waals surface area contributed by atoms with Crippen LogP contribution < -0.4 is 5.32 Å². The fourth-order valence-corrected chi connectivity index (χ4v) is 3.39. The lowest BCUT2D eigenvalue weighted by Gasteiger charge is -2.16.